The summed E-state index contributed by atoms with van der Waals surface area (Å²) in [5.74, 6) is 0.312. The van der Waals surface area contributed by atoms with Crippen LogP contribution >= 0.6 is 0 Å². The molecule has 2 fully saturated rings. The first-order chi connectivity index (χ1) is 9.17. The van der Waals surface area contributed by atoms with E-state index in [2.05, 4.69) is 18.9 Å². The summed E-state index contributed by atoms with van der Waals surface area (Å²) < 4.78 is 7.82. The van der Waals surface area contributed by atoms with Gasteiger partial charge in [-0.3, -0.25) is 4.68 Å². The fraction of sp³-hybridized carbons (Fsp3) is 0.800. The number of aromatic nitrogens is 2. The van der Waals surface area contributed by atoms with Gasteiger partial charge >= 0.3 is 0 Å². The number of hydrogen-bond donors (Lipinski definition) is 1. The molecule has 2 bridgehead atoms. The second-order valence-corrected chi connectivity index (χ2v) is 6.09. The topological polar surface area (TPSA) is 47.3 Å². The van der Waals surface area contributed by atoms with Gasteiger partial charge in [-0.15, -0.1) is 0 Å². The summed E-state index contributed by atoms with van der Waals surface area (Å²) in [6, 6.07) is 2.46. The van der Waals surface area contributed by atoms with E-state index in [0.29, 0.717) is 24.5 Å². The summed E-state index contributed by atoms with van der Waals surface area (Å²) in [7, 11) is 0. The minimum absolute atomic E-state index is 0.289. The van der Waals surface area contributed by atoms with Crippen molar-refractivity contribution >= 4 is 0 Å². The lowest BCUT2D eigenvalue weighted by Gasteiger charge is -2.23. The summed E-state index contributed by atoms with van der Waals surface area (Å²) in [5.41, 5.74) is 0.996. The van der Waals surface area contributed by atoms with E-state index in [-0.39, 0.29) is 12.2 Å². The van der Waals surface area contributed by atoms with E-state index in [9.17, 15) is 5.11 Å². The lowest BCUT2D eigenvalue weighted by molar-refractivity contribution is 0.0427. The van der Waals surface area contributed by atoms with Crippen molar-refractivity contribution in [2.45, 2.75) is 70.3 Å². The highest BCUT2D eigenvalue weighted by Crippen LogP contribution is 2.40. The Kier molecular flexibility index (Phi) is 3.63. The molecule has 0 radical (unpaired) electrons. The van der Waals surface area contributed by atoms with E-state index in [0.717, 1.165) is 25.0 Å². The number of aliphatic hydroxyl groups excluding tert-OH is 1. The third-order valence-corrected chi connectivity index (χ3v) is 4.77. The molecule has 5 atom stereocenters. The average Bonchev–Trinajstić information content (AvgIpc) is 3.13. The molecule has 3 rings (SSSR count). The first kappa shape index (κ1) is 13.1. The molecule has 5 unspecified atom stereocenters. The lowest BCUT2D eigenvalue weighted by Crippen LogP contribution is -2.31. The van der Waals surface area contributed by atoms with Crippen LogP contribution in [0.5, 0.6) is 0 Å². The molecule has 2 aliphatic rings. The van der Waals surface area contributed by atoms with Gasteiger partial charge in [0, 0.05) is 24.6 Å². The van der Waals surface area contributed by atoms with Crippen molar-refractivity contribution in [2.24, 2.45) is 5.92 Å². The fourth-order valence-electron chi connectivity index (χ4n) is 3.37. The Bertz CT molecular complexity index is 432. The van der Waals surface area contributed by atoms with Crippen LogP contribution in [0.1, 0.15) is 51.3 Å². The van der Waals surface area contributed by atoms with E-state index in [1.165, 1.54) is 6.42 Å². The van der Waals surface area contributed by atoms with Gasteiger partial charge in [0.15, 0.2) is 0 Å². The third-order valence-electron chi connectivity index (χ3n) is 4.77. The van der Waals surface area contributed by atoms with Crippen LogP contribution in [0.15, 0.2) is 12.3 Å². The van der Waals surface area contributed by atoms with Gasteiger partial charge in [-0.1, -0.05) is 6.92 Å². The van der Waals surface area contributed by atoms with Crippen molar-refractivity contribution in [1.29, 1.82) is 0 Å². The second-order valence-electron chi connectivity index (χ2n) is 6.09. The molecular weight excluding hydrogens is 240 g/mol. The molecule has 0 aliphatic carbocycles. The smallest absolute Gasteiger partial charge is 0.0650 e. The molecule has 0 saturated carbocycles. The molecule has 1 N–H and O–H groups in total. The van der Waals surface area contributed by atoms with Gasteiger partial charge in [0.25, 0.3) is 0 Å². The molecule has 106 valence electrons. The Morgan fingerprint density at radius 1 is 1.53 bits per heavy atom. The summed E-state index contributed by atoms with van der Waals surface area (Å²) in [6.45, 7) is 4.32. The van der Waals surface area contributed by atoms with Gasteiger partial charge in [0.05, 0.1) is 24.0 Å². The van der Waals surface area contributed by atoms with Gasteiger partial charge in [0.2, 0.25) is 0 Å². The molecule has 1 aromatic heterocycles. The normalized spacial score (nSPS) is 32.7. The second kappa shape index (κ2) is 5.25. The van der Waals surface area contributed by atoms with Crippen LogP contribution in [-0.2, 0) is 11.2 Å². The van der Waals surface area contributed by atoms with Crippen molar-refractivity contribution in [3.63, 3.8) is 0 Å². The van der Waals surface area contributed by atoms with E-state index in [4.69, 9.17) is 4.74 Å². The Labute approximate surface area is 114 Å². The van der Waals surface area contributed by atoms with Gasteiger partial charge in [0.1, 0.15) is 0 Å². The SMILES string of the molecule is CCC(C)n1ccc(CC(O)C2CC3CCC2O3)n1. The molecular formula is C15H24N2O2. The summed E-state index contributed by atoms with van der Waals surface area (Å²) in [5, 5.41) is 15.0. The molecule has 3 heterocycles. The van der Waals surface area contributed by atoms with E-state index < -0.39 is 0 Å². The number of aliphatic hydroxyl groups is 1. The molecule has 1 aromatic rings. The third kappa shape index (κ3) is 2.56. The Morgan fingerprint density at radius 2 is 2.37 bits per heavy atom. The quantitative estimate of drug-likeness (QED) is 0.888. The predicted molar refractivity (Wildman–Crippen MR) is 72.9 cm³/mol. The zero-order valence-corrected chi connectivity index (χ0v) is 11.8. The Morgan fingerprint density at radius 3 is 3.00 bits per heavy atom. The minimum atomic E-state index is -0.310. The maximum atomic E-state index is 10.4. The molecule has 0 amide bonds. The van der Waals surface area contributed by atoms with Gasteiger partial charge in [-0.05, 0) is 38.7 Å². The maximum Gasteiger partial charge on any atom is 0.0650 e. The van der Waals surface area contributed by atoms with Crippen molar-refractivity contribution in [3.05, 3.63) is 18.0 Å². The number of ether oxygens (including phenoxy) is 1. The highest BCUT2D eigenvalue weighted by molar-refractivity contribution is 5.04. The molecule has 2 aliphatic heterocycles. The molecule has 4 nitrogen and oxygen atoms in total. The molecule has 2 saturated heterocycles. The van der Waals surface area contributed by atoms with Crippen LogP contribution in [-0.4, -0.2) is 33.2 Å². The van der Waals surface area contributed by atoms with E-state index in [1.54, 1.807) is 0 Å². The van der Waals surface area contributed by atoms with Crippen molar-refractivity contribution in [1.82, 2.24) is 9.78 Å². The molecule has 19 heavy (non-hydrogen) atoms. The highest BCUT2D eigenvalue weighted by atomic mass is 16.5. The van der Waals surface area contributed by atoms with Gasteiger partial charge < -0.3 is 9.84 Å². The first-order valence-electron chi connectivity index (χ1n) is 7.55. The Hall–Kier alpha value is -0.870. The van der Waals surface area contributed by atoms with Gasteiger partial charge in [-0.25, -0.2) is 0 Å². The zero-order chi connectivity index (χ0) is 13.4. The van der Waals surface area contributed by atoms with Crippen LogP contribution in [0.25, 0.3) is 0 Å². The van der Waals surface area contributed by atoms with Crippen LogP contribution in [0.2, 0.25) is 0 Å². The van der Waals surface area contributed by atoms with E-state index in [1.807, 2.05) is 16.9 Å². The molecule has 0 aromatic carbocycles. The summed E-state index contributed by atoms with van der Waals surface area (Å²) in [4.78, 5) is 0. The number of fused-ring (bicyclic) bond motifs is 2. The van der Waals surface area contributed by atoms with Crippen LogP contribution in [0.3, 0.4) is 0 Å². The standard InChI is InChI=1S/C15H24N2O2/c1-3-10(2)17-7-6-11(16-17)8-14(18)13-9-12-4-5-15(13)19-12/h6-7,10,12-15,18H,3-5,8-9H2,1-2H3. The first-order valence-corrected chi connectivity index (χ1v) is 7.55. The number of nitrogens with zero attached hydrogens (tertiary/aromatic N) is 2. The fourth-order valence-corrected chi connectivity index (χ4v) is 3.37. The predicted octanol–water partition coefficient (Wildman–Crippen LogP) is 2.33. The van der Waals surface area contributed by atoms with Crippen molar-refractivity contribution < 1.29 is 9.84 Å². The Balaban J connectivity index is 1.60. The highest BCUT2D eigenvalue weighted by Gasteiger charge is 2.43. The summed E-state index contributed by atoms with van der Waals surface area (Å²) >= 11 is 0. The van der Waals surface area contributed by atoms with Crippen LogP contribution < -0.4 is 0 Å². The molecule has 0 spiro atoms. The van der Waals surface area contributed by atoms with Crippen molar-refractivity contribution in [3.8, 4) is 0 Å². The largest absolute Gasteiger partial charge is 0.392 e. The van der Waals surface area contributed by atoms with E-state index >= 15 is 0 Å². The monoisotopic (exact) mass is 264 g/mol. The minimum Gasteiger partial charge on any atom is -0.392 e. The lowest BCUT2D eigenvalue weighted by atomic mass is 9.84. The molecule has 4 heteroatoms. The average molecular weight is 264 g/mol. The van der Waals surface area contributed by atoms with Crippen molar-refractivity contribution in [2.75, 3.05) is 0 Å². The number of rotatable bonds is 5. The zero-order valence-electron chi connectivity index (χ0n) is 11.8. The van der Waals surface area contributed by atoms with Crippen LogP contribution in [0.4, 0.5) is 0 Å². The number of hydrogen-bond acceptors (Lipinski definition) is 3. The maximum absolute atomic E-state index is 10.4. The van der Waals surface area contributed by atoms with Crippen LogP contribution in [0, 0.1) is 5.92 Å². The van der Waals surface area contributed by atoms with Gasteiger partial charge in [-0.2, -0.15) is 5.10 Å². The summed E-state index contributed by atoms with van der Waals surface area (Å²) in [6.07, 6.45) is 7.45.